The summed E-state index contributed by atoms with van der Waals surface area (Å²) >= 11 is 3.34. The number of rotatable bonds is 3. The third-order valence-electron chi connectivity index (χ3n) is 2.90. The summed E-state index contributed by atoms with van der Waals surface area (Å²) in [6, 6.07) is 11.2. The summed E-state index contributed by atoms with van der Waals surface area (Å²) in [6.45, 7) is 0. The molecule has 0 fully saturated rings. The second kappa shape index (κ2) is 5.46. The number of carbonyl (C=O) groups excluding carboxylic acids is 1. The molecule has 4 nitrogen and oxygen atoms in total. The van der Waals surface area contributed by atoms with Crippen molar-refractivity contribution in [1.82, 2.24) is 4.98 Å². The SMILES string of the molecule is O=C(Cc1coc2ccccc12)Nc1cc(Br)ccn1. The summed E-state index contributed by atoms with van der Waals surface area (Å²) in [4.78, 5) is 16.1. The number of fused-ring (bicyclic) bond motifs is 1. The van der Waals surface area contributed by atoms with E-state index in [1.165, 1.54) is 0 Å². The number of aromatic nitrogens is 1. The number of hydrogen-bond donors (Lipinski definition) is 1. The number of amides is 1. The van der Waals surface area contributed by atoms with Gasteiger partial charge in [0.1, 0.15) is 11.4 Å². The summed E-state index contributed by atoms with van der Waals surface area (Å²) in [7, 11) is 0. The molecule has 2 aromatic heterocycles. The Hall–Kier alpha value is -2.14. The van der Waals surface area contributed by atoms with E-state index in [1.807, 2.05) is 24.3 Å². The van der Waals surface area contributed by atoms with Gasteiger partial charge in [-0.25, -0.2) is 4.98 Å². The first-order chi connectivity index (χ1) is 9.72. The van der Waals surface area contributed by atoms with Gasteiger partial charge in [-0.05, 0) is 18.2 Å². The molecule has 0 saturated heterocycles. The fraction of sp³-hybridized carbons (Fsp3) is 0.0667. The van der Waals surface area contributed by atoms with Gasteiger partial charge in [-0.3, -0.25) is 4.79 Å². The summed E-state index contributed by atoms with van der Waals surface area (Å²) in [6.07, 6.45) is 3.51. The maximum Gasteiger partial charge on any atom is 0.230 e. The van der Waals surface area contributed by atoms with Crippen LogP contribution in [0.4, 0.5) is 5.82 Å². The van der Waals surface area contributed by atoms with E-state index in [0.29, 0.717) is 5.82 Å². The fourth-order valence-corrected chi connectivity index (χ4v) is 2.34. The van der Waals surface area contributed by atoms with E-state index in [1.54, 1.807) is 24.6 Å². The van der Waals surface area contributed by atoms with Crippen LogP contribution in [0.25, 0.3) is 11.0 Å². The number of pyridine rings is 1. The van der Waals surface area contributed by atoms with Crippen LogP contribution in [0.1, 0.15) is 5.56 Å². The molecule has 1 aromatic carbocycles. The highest BCUT2D eigenvalue weighted by Crippen LogP contribution is 2.21. The molecule has 0 bridgehead atoms. The van der Waals surface area contributed by atoms with E-state index in [9.17, 15) is 4.79 Å². The Morgan fingerprint density at radius 2 is 2.15 bits per heavy atom. The Morgan fingerprint density at radius 3 is 3.00 bits per heavy atom. The van der Waals surface area contributed by atoms with Crippen LogP contribution in [-0.4, -0.2) is 10.9 Å². The van der Waals surface area contributed by atoms with Crippen LogP contribution in [0.5, 0.6) is 0 Å². The van der Waals surface area contributed by atoms with Crippen LogP contribution in [-0.2, 0) is 11.2 Å². The Morgan fingerprint density at radius 1 is 1.30 bits per heavy atom. The minimum absolute atomic E-state index is 0.123. The van der Waals surface area contributed by atoms with Crippen molar-refractivity contribution in [1.29, 1.82) is 0 Å². The molecule has 100 valence electrons. The molecule has 0 aliphatic rings. The van der Waals surface area contributed by atoms with Crippen molar-refractivity contribution in [3.63, 3.8) is 0 Å². The van der Waals surface area contributed by atoms with Gasteiger partial charge in [0.2, 0.25) is 5.91 Å². The molecule has 2 heterocycles. The molecule has 5 heteroatoms. The fourth-order valence-electron chi connectivity index (χ4n) is 2.00. The van der Waals surface area contributed by atoms with E-state index < -0.39 is 0 Å². The predicted octanol–water partition coefficient (Wildman–Crippen LogP) is 3.77. The Labute approximate surface area is 123 Å². The van der Waals surface area contributed by atoms with Crippen molar-refractivity contribution in [3.05, 3.63) is 58.9 Å². The maximum atomic E-state index is 12.0. The van der Waals surface area contributed by atoms with Crippen molar-refractivity contribution in [2.45, 2.75) is 6.42 Å². The number of carbonyl (C=O) groups is 1. The van der Waals surface area contributed by atoms with Crippen LogP contribution < -0.4 is 5.32 Å². The average Bonchev–Trinajstić information content (AvgIpc) is 2.82. The van der Waals surface area contributed by atoms with Crippen LogP contribution in [0.15, 0.2) is 57.7 Å². The van der Waals surface area contributed by atoms with Gasteiger partial charge >= 0.3 is 0 Å². The first-order valence-corrected chi connectivity index (χ1v) is 6.88. The number of benzene rings is 1. The standard InChI is InChI=1S/C15H11BrN2O2/c16-11-5-6-17-14(8-11)18-15(19)7-10-9-20-13-4-2-1-3-12(10)13/h1-6,8-9H,7H2,(H,17,18,19). The molecule has 0 aliphatic heterocycles. The van der Waals surface area contributed by atoms with Crippen molar-refractivity contribution >= 4 is 38.6 Å². The molecule has 1 N–H and O–H groups in total. The number of para-hydroxylation sites is 1. The minimum Gasteiger partial charge on any atom is -0.464 e. The molecule has 0 unspecified atom stereocenters. The van der Waals surface area contributed by atoms with Gasteiger partial charge in [0.25, 0.3) is 0 Å². The highest BCUT2D eigenvalue weighted by Gasteiger charge is 2.10. The smallest absolute Gasteiger partial charge is 0.230 e. The van der Waals surface area contributed by atoms with Crippen LogP contribution in [0.3, 0.4) is 0 Å². The quantitative estimate of drug-likeness (QED) is 0.795. The topological polar surface area (TPSA) is 55.1 Å². The van der Waals surface area contributed by atoms with Gasteiger partial charge in [-0.1, -0.05) is 34.1 Å². The number of hydrogen-bond acceptors (Lipinski definition) is 3. The largest absolute Gasteiger partial charge is 0.464 e. The lowest BCUT2D eigenvalue weighted by atomic mass is 10.1. The molecule has 0 saturated carbocycles. The number of nitrogens with zero attached hydrogens (tertiary/aromatic N) is 1. The summed E-state index contributed by atoms with van der Waals surface area (Å²) in [5.74, 6) is 0.402. The molecule has 1 amide bonds. The number of halogens is 1. The summed E-state index contributed by atoms with van der Waals surface area (Å²) in [5.41, 5.74) is 1.66. The number of nitrogens with one attached hydrogen (secondary N) is 1. The number of furan rings is 1. The molecule has 3 rings (SSSR count). The molecule has 0 atom stereocenters. The Bertz CT molecular complexity index is 767. The highest BCUT2D eigenvalue weighted by atomic mass is 79.9. The molecular formula is C15H11BrN2O2. The third-order valence-corrected chi connectivity index (χ3v) is 3.39. The lowest BCUT2D eigenvalue weighted by Gasteiger charge is -2.03. The number of anilines is 1. The lowest BCUT2D eigenvalue weighted by Crippen LogP contribution is -2.15. The van der Waals surface area contributed by atoms with Crippen molar-refractivity contribution in [2.75, 3.05) is 5.32 Å². The van der Waals surface area contributed by atoms with Crippen LogP contribution in [0.2, 0.25) is 0 Å². The van der Waals surface area contributed by atoms with Gasteiger partial charge < -0.3 is 9.73 Å². The van der Waals surface area contributed by atoms with Gasteiger partial charge in [-0.2, -0.15) is 0 Å². The van der Waals surface area contributed by atoms with Crippen LogP contribution >= 0.6 is 15.9 Å². The average molecular weight is 331 g/mol. The lowest BCUT2D eigenvalue weighted by molar-refractivity contribution is -0.115. The third kappa shape index (κ3) is 2.72. The molecule has 0 aliphatic carbocycles. The minimum atomic E-state index is -0.123. The van der Waals surface area contributed by atoms with Gasteiger partial charge in [0.15, 0.2) is 0 Å². The maximum absolute atomic E-state index is 12.0. The summed E-state index contributed by atoms with van der Waals surface area (Å²) < 4.78 is 6.29. The molecule has 3 aromatic rings. The monoisotopic (exact) mass is 330 g/mol. The molecular weight excluding hydrogens is 320 g/mol. The second-order valence-electron chi connectivity index (χ2n) is 4.34. The second-order valence-corrected chi connectivity index (χ2v) is 5.26. The Kier molecular flexibility index (Phi) is 3.52. The van der Waals surface area contributed by atoms with Crippen molar-refractivity contribution < 1.29 is 9.21 Å². The van der Waals surface area contributed by atoms with E-state index >= 15 is 0 Å². The first kappa shape index (κ1) is 12.9. The van der Waals surface area contributed by atoms with E-state index in [-0.39, 0.29) is 12.3 Å². The van der Waals surface area contributed by atoms with Gasteiger partial charge in [0, 0.05) is 21.6 Å². The molecule has 0 spiro atoms. The predicted molar refractivity (Wildman–Crippen MR) is 80.5 cm³/mol. The van der Waals surface area contributed by atoms with Gasteiger partial charge in [0.05, 0.1) is 12.7 Å². The normalized spacial score (nSPS) is 10.7. The zero-order valence-corrected chi connectivity index (χ0v) is 12.1. The zero-order valence-electron chi connectivity index (χ0n) is 10.5. The Balaban J connectivity index is 1.76. The first-order valence-electron chi connectivity index (χ1n) is 6.09. The van der Waals surface area contributed by atoms with E-state index in [2.05, 4.69) is 26.2 Å². The van der Waals surface area contributed by atoms with Crippen LogP contribution in [0, 0.1) is 0 Å². The molecule has 20 heavy (non-hydrogen) atoms. The van der Waals surface area contributed by atoms with Gasteiger partial charge in [-0.15, -0.1) is 0 Å². The van der Waals surface area contributed by atoms with Crippen molar-refractivity contribution in [2.24, 2.45) is 0 Å². The zero-order chi connectivity index (χ0) is 13.9. The molecule has 0 radical (unpaired) electrons. The van der Waals surface area contributed by atoms with E-state index in [4.69, 9.17) is 4.42 Å². The summed E-state index contributed by atoms with van der Waals surface area (Å²) in [5, 5.41) is 3.73. The highest BCUT2D eigenvalue weighted by molar-refractivity contribution is 9.10. The van der Waals surface area contributed by atoms with E-state index in [0.717, 1.165) is 21.0 Å². The van der Waals surface area contributed by atoms with Crippen molar-refractivity contribution in [3.8, 4) is 0 Å².